The van der Waals surface area contributed by atoms with Crippen LogP contribution in [-0.2, 0) is 0 Å². The molecule has 2 aromatic heterocycles. The lowest BCUT2D eigenvalue weighted by molar-refractivity contribution is 0.669. The van der Waals surface area contributed by atoms with Gasteiger partial charge in [0.25, 0.3) is 0 Å². The van der Waals surface area contributed by atoms with Gasteiger partial charge in [-0.05, 0) is 100 Å². The maximum Gasteiger partial charge on any atom is 0.145 e. The fourth-order valence-electron chi connectivity index (χ4n) is 10.2. The van der Waals surface area contributed by atoms with Crippen LogP contribution in [-0.4, -0.2) is 0 Å². The van der Waals surface area contributed by atoms with Crippen LogP contribution >= 0.6 is 0 Å². The molecule has 2 heterocycles. The third-order valence-electron chi connectivity index (χ3n) is 13.3. The molecule has 0 N–H and O–H groups in total. The molecule has 0 aliphatic heterocycles. The molecule has 0 fully saturated rings. The van der Waals surface area contributed by atoms with Gasteiger partial charge in [-0.3, -0.25) is 0 Å². The number of hydrogen-bond acceptors (Lipinski definition) is 4. The Hall–Kier alpha value is -9.12. The quantitative estimate of drug-likeness (QED) is 0.145. The normalized spacial score (nSPS) is 11.5. The molecule has 0 aliphatic rings. The minimum absolute atomic E-state index is 0.848. The van der Waals surface area contributed by atoms with Gasteiger partial charge >= 0.3 is 0 Å². The van der Waals surface area contributed by atoms with Gasteiger partial charge in [-0.1, -0.05) is 182 Å². The first-order valence-electron chi connectivity index (χ1n) is 23.1. The van der Waals surface area contributed by atoms with E-state index in [0.29, 0.717) is 0 Å². The predicted molar refractivity (Wildman–Crippen MR) is 284 cm³/mol. The number of nitrogens with zero attached hydrogens (tertiary/aromatic N) is 2. The van der Waals surface area contributed by atoms with E-state index in [0.717, 1.165) is 111 Å². The highest BCUT2D eigenvalue weighted by atomic mass is 16.3. The molecule has 0 aliphatic carbocycles. The summed E-state index contributed by atoms with van der Waals surface area (Å²) in [5.41, 5.74) is 16.3. The summed E-state index contributed by atoms with van der Waals surface area (Å²) in [5.74, 6) is 0. The van der Waals surface area contributed by atoms with Gasteiger partial charge in [0.05, 0.1) is 33.5 Å². The van der Waals surface area contributed by atoms with Crippen molar-refractivity contribution in [1.82, 2.24) is 0 Å². The van der Waals surface area contributed by atoms with Crippen LogP contribution in [0, 0.1) is 0 Å². The third kappa shape index (κ3) is 6.61. The van der Waals surface area contributed by atoms with E-state index in [-0.39, 0.29) is 0 Å². The predicted octanol–water partition coefficient (Wildman–Crippen LogP) is 18.6. The van der Waals surface area contributed by atoms with Crippen molar-refractivity contribution in [3.05, 3.63) is 255 Å². The molecule has 0 atom stereocenters. The number of anilines is 6. The van der Waals surface area contributed by atoms with Gasteiger partial charge in [0.15, 0.2) is 0 Å². The van der Waals surface area contributed by atoms with Crippen molar-refractivity contribution in [1.29, 1.82) is 0 Å². The summed E-state index contributed by atoms with van der Waals surface area (Å²) in [4.78, 5) is 4.82. The van der Waals surface area contributed by atoms with Crippen LogP contribution in [0.3, 0.4) is 0 Å². The molecule has 68 heavy (non-hydrogen) atoms. The van der Waals surface area contributed by atoms with Gasteiger partial charge in [0, 0.05) is 38.7 Å². The average molecular weight is 871 g/mol. The van der Waals surface area contributed by atoms with E-state index in [1.165, 1.54) is 10.9 Å². The summed E-state index contributed by atoms with van der Waals surface area (Å²) < 4.78 is 13.4. The van der Waals surface area contributed by atoms with Crippen molar-refractivity contribution >= 4 is 88.8 Å². The minimum Gasteiger partial charge on any atom is -0.456 e. The van der Waals surface area contributed by atoms with E-state index < -0.39 is 0 Å². The SMILES string of the molecule is c1ccc(-c2ccc(N(c3ccccc3-c3cccc(N(c4cccc5ccccc45)c4cccc5oc6ccccc6c45)c3)c3ccc(-c4ccccc4)c4oc5ccccc5c34)cc2)cc1. The molecule has 4 heteroatoms. The van der Waals surface area contributed by atoms with E-state index in [1.807, 2.05) is 12.1 Å². The summed E-state index contributed by atoms with van der Waals surface area (Å²) in [6.45, 7) is 0. The highest BCUT2D eigenvalue weighted by molar-refractivity contribution is 6.18. The lowest BCUT2D eigenvalue weighted by Gasteiger charge is -2.30. The lowest BCUT2D eigenvalue weighted by atomic mass is 9.97. The van der Waals surface area contributed by atoms with Gasteiger partial charge in [0.1, 0.15) is 22.3 Å². The number of rotatable bonds is 9. The van der Waals surface area contributed by atoms with Crippen LogP contribution in [0.25, 0.3) is 88.0 Å². The molecule has 0 bridgehead atoms. The van der Waals surface area contributed by atoms with Crippen molar-refractivity contribution in [3.8, 4) is 33.4 Å². The van der Waals surface area contributed by atoms with Crippen LogP contribution in [0.1, 0.15) is 0 Å². The second kappa shape index (κ2) is 16.4. The highest BCUT2D eigenvalue weighted by Crippen LogP contribution is 2.50. The molecule has 0 amide bonds. The largest absolute Gasteiger partial charge is 0.456 e. The zero-order chi connectivity index (χ0) is 45.0. The van der Waals surface area contributed by atoms with Crippen LogP contribution in [0.5, 0.6) is 0 Å². The Kier molecular flexibility index (Phi) is 9.47. The second-order valence-corrected chi connectivity index (χ2v) is 17.2. The van der Waals surface area contributed by atoms with E-state index in [1.54, 1.807) is 0 Å². The standard InChI is InChI=1S/C64H42N2O2/c1-3-18-43(19-4-1)44-36-38-48(39-37-44)65(58-41-40-52(46-20-5-2-6-21-46)64-63(58)54-29-11-14-34-60(54)68-64)55-30-12-9-27-51(55)47-24-15-25-49(42-47)66(56-31-16-23-45-22-7-8-26-50(45)56)57-32-17-35-61-62(57)53-28-10-13-33-59(53)67-61/h1-42H. The number of fused-ring (bicyclic) bond motifs is 7. The highest BCUT2D eigenvalue weighted by Gasteiger charge is 2.26. The first-order chi connectivity index (χ1) is 33.7. The molecule has 11 aromatic carbocycles. The zero-order valence-corrected chi connectivity index (χ0v) is 37.0. The van der Waals surface area contributed by atoms with Crippen molar-refractivity contribution in [2.24, 2.45) is 0 Å². The van der Waals surface area contributed by atoms with E-state index in [4.69, 9.17) is 8.83 Å². The van der Waals surface area contributed by atoms with E-state index in [2.05, 4.69) is 252 Å². The summed E-state index contributed by atoms with van der Waals surface area (Å²) in [6.07, 6.45) is 0. The fraction of sp³-hybridized carbons (Fsp3) is 0. The van der Waals surface area contributed by atoms with Gasteiger partial charge in [-0.25, -0.2) is 0 Å². The first kappa shape index (κ1) is 39.3. The van der Waals surface area contributed by atoms with Crippen LogP contribution < -0.4 is 9.80 Å². The topological polar surface area (TPSA) is 32.8 Å². The molecular weight excluding hydrogens is 829 g/mol. The first-order valence-corrected chi connectivity index (χ1v) is 23.1. The summed E-state index contributed by atoms with van der Waals surface area (Å²) >= 11 is 0. The molecule has 0 spiro atoms. The maximum atomic E-state index is 6.86. The molecule has 320 valence electrons. The lowest BCUT2D eigenvalue weighted by Crippen LogP contribution is -2.12. The summed E-state index contributed by atoms with van der Waals surface area (Å²) in [6, 6.07) is 90.6. The second-order valence-electron chi connectivity index (χ2n) is 17.2. The average Bonchev–Trinajstić information content (AvgIpc) is 4.00. The maximum absolute atomic E-state index is 6.86. The van der Waals surface area contributed by atoms with Crippen LogP contribution in [0.15, 0.2) is 264 Å². The van der Waals surface area contributed by atoms with Gasteiger partial charge < -0.3 is 18.6 Å². The smallest absolute Gasteiger partial charge is 0.145 e. The molecule has 0 saturated heterocycles. The number of para-hydroxylation sites is 3. The minimum atomic E-state index is 0.848. The van der Waals surface area contributed by atoms with Gasteiger partial charge in [-0.15, -0.1) is 0 Å². The van der Waals surface area contributed by atoms with Gasteiger partial charge in [0.2, 0.25) is 0 Å². The van der Waals surface area contributed by atoms with E-state index in [9.17, 15) is 0 Å². The monoisotopic (exact) mass is 870 g/mol. The Bertz CT molecular complexity index is 3980. The molecule has 0 saturated carbocycles. The Morgan fingerprint density at radius 3 is 1.60 bits per heavy atom. The zero-order valence-electron chi connectivity index (χ0n) is 37.0. The van der Waals surface area contributed by atoms with Gasteiger partial charge in [-0.2, -0.15) is 0 Å². The molecule has 4 nitrogen and oxygen atoms in total. The Balaban J connectivity index is 1.04. The van der Waals surface area contributed by atoms with Crippen molar-refractivity contribution in [2.45, 2.75) is 0 Å². The Morgan fingerprint density at radius 2 is 0.794 bits per heavy atom. The van der Waals surface area contributed by atoms with E-state index >= 15 is 0 Å². The molecule has 13 aromatic rings. The molecule has 13 rings (SSSR count). The Morgan fingerprint density at radius 1 is 0.265 bits per heavy atom. The molecular formula is C64H42N2O2. The van der Waals surface area contributed by atoms with Crippen molar-refractivity contribution < 1.29 is 8.83 Å². The fourth-order valence-corrected chi connectivity index (χ4v) is 10.2. The Labute approximate surface area is 393 Å². The van der Waals surface area contributed by atoms with Crippen LogP contribution in [0.2, 0.25) is 0 Å². The van der Waals surface area contributed by atoms with Crippen LogP contribution in [0.4, 0.5) is 34.1 Å². The summed E-state index contributed by atoms with van der Waals surface area (Å²) in [5, 5.41) is 6.60. The number of benzene rings is 11. The molecule has 0 radical (unpaired) electrons. The molecule has 0 unspecified atom stereocenters. The number of hydrogen-bond donors (Lipinski definition) is 0. The van der Waals surface area contributed by atoms with Crippen molar-refractivity contribution in [2.75, 3.05) is 9.80 Å². The van der Waals surface area contributed by atoms with Crippen molar-refractivity contribution in [3.63, 3.8) is 0 Å². The summed E-state index contributed by atoms with van der Waals surface area (Å²) in [7, 11) is 0. The number of furan rings is 2. The third-order valence-corrected chi connectivity index (χ3v) is 13.3.